The molecule has 4 heteroatoms. The van der Waals surface area contributed by atoms with Crippen molar-refractivity contribution in [2.45, 2.75) is 12.5 Å². The van der Waals surface area contributed by atoms with Gasteiger partial charge in [0, 0.05) is 19.3 Å². The lowest BCUT2D eigenvalue weighted by Crippen LogP contribution is -2.12. The van der Waals surface area contributed by atoms with Crippen LogP contribution in [0.1, 0.15) is 17.2 Å². The van der Waals surface area contributed by atoms with E-state index in [4.69, 9.17) is 5.26 Å². The fourth-order valence-electron chi connectivity index (χ4n) is 1.99. The Labute approximate surface area is 93.8 Å². The minimum Gasteiger partial charge on any atom is -0.374 e. The van der Waals surface area contributed by atoms with Gasteiger partial charge in [-0.25, -0.2) is 4.79 Å². The van der Waals surface area contributed by atoms with Gasteiger partial charge in [-0.05, 0) is 23.6 Å². The van der Waals surface area contributed by atoms with E-state index in [9.17, 15) is 4.79 Å². The number of hydrogen-bond donors (Lipinski definition) is 0. The number of benzene rings is 1. The third-order valence-electron chi connectivity index (χ3n) is 2.85. The van der Waals surface area contributed by atoms with Gasteiger partial charge in [0.1, 0.15) is 0 Å². The number of rotatable bonds is 2. The highest BCUT2D eigenvalue weighted by Crippen LogP contribution is 2.29. The van der Waals surface area contributed by atoms with Crippen LogP contribution in [0.2, 0.25) is 0 Å². The molecule has 1 atom stereocenters. The lowest BCUT2D eigenvalue weighted by atomic mass is 10.0. The van der Waals surface area contributed by atoms with Crippen molar-refractivity contribution in [1.29, 1.82) is 5.26 Å². The lowest BCUT2D eigenvalue weighted by molar-refractivity contribution is 0.561. The Morgan fingerprint density at radius 1 is 1.56 bits per heavy atom. The van der Waals surface area contributed by atoms with Crippen molar-refractivity contribution in [3.8, 4) is 6.07 Å². The molecule has 1 heterocycles. The fourth-order valence-corrected chi connectivity index (χ4v) is 1.99. The average molecular weight is 213 g/mol. The predicted molar refractivity (Wildman–Crippen MR) is 59.9 cm³/mol. The molecule has 1 unspecified atom stereocenters. The van der Waals surface area contributed by atoms with E-state index in [0.717, 1.165) is 18.5 Å². The standard InChI is InChI=1S/C12H11N3O/c1-15-5-4-10-6-9(2-3-12(10)15)11(7-13)14-8-16/h2-3,6,11H,4-5H2,1H3. The maximum atomic E-state index is 10.2. The number of carbonyl (C=O) groups excluding carboxylic acids is 1. The Morgan fingerprint density at radius 2 is 2.38 bits per heavy atom. The molecule has 2 rings (SSSR count). The second kappa shape index (κ2) is 4.18. The molecule has 80 valence electrons. The van der Waals surface area contributed by atoms with Gasteiger partial charge in [-0.2, -0.15) is 10.3 Å². The molecule has 1 aromatic carbocycles. The van der Waals surface area contributed by atoms with E-state index in [1.54, 1.807) is 0 Å². The zero-order valence-electron chi connectivity index (χ0n) is 8.97. The molecule has 1 aliphatic heterocycles. The van der Waals surface area contributed by atoms with Crippen molar-refractivity contribution in [3.05, 3.63) is 29.3 Å². The summed E-state index contributed by atoms with van der Waals surface area (Å²) in [5.74, 6) is 0. The van der Waals surface area contributed by atoms with Gasteiger partial charge in [-0.15, -0.1) is 0 Å². The van der Waals surface area contributed by atoms with Crippen LogP contribution in [-0.2, 0) is 11.2 Å². The van der Waals surface area contributed by atoms with Gasteiger partial charge in [-0.1, -0.05) is 12.1 Å². The third kappa shape index (κ3) is 1.69. The lowest BCUT2D eigenvalue weighted by Gasteiger charge is -2.12. The highest BCUT2D eigenvalue weighted by Gasteiger charge is 2.18. The van der Waals surface area contributed by atoms with E-state index < -0.39 is 6.04 Å². The first-order valence-corrected chi connectivity index (χ1v) is 5.07. The fraction of sp³-hybridized carbons (Fsp3) is 0.333. The summed E-state index contributed by atoms with van der Waals surface area (Å²) in [5, 5.41) is 8.88. The SMILES string of the molecule is CN1CCc2cc(C(C#N)N=C=O)ccc21. The van der Waals surface area contributed by atoms with E-state index in [1.807, 2.05) is 31.3 Å². The molecule has 0 saturated heterocycles. The topological polar surface area (TPSA) is 56.5 Å². The number of hydrogen-bond acceptors (Lipinski definition) is 4. The minimum absolute atomic E-state index is 0.728. The monoisotopic (exact) mass is 213 g/mol. The molecule has 0 spiro atoms. The molecule has 0 aromatic heterocycles. The van der Waals surface area contributed by atoms with Crippen LogP contribution in [0.5, 0.6) is 0 Å². The summed E-state index contributed by atoms with van der Waals surface area (Å²) in [6.07, 6.45) is 2.41. The van der Waals surface area contributed by atoms with Crippen LogP contribution < -0.4 is 4.90 Å². The maximum absolute atomic E-state index is 10.2. The number of aliphatic imine (C=N–C) groups is 1. The predicted octanol–water partition coefficient (Wildman–Crippen LogP) is 1.58. The first-order valence-electron chi connectivity index (χ1n) is 5.07. The Kier molecular flexibility index (Phi) is 2.72. The van der Waals surface area contributed by atoms with E-state index in [-0.39, 0.29) is 0 Å². The van der Waals surface area contributed by atoms with Crippen molar-refractivity contribution in [2.24, 2.45) is 4.99 Å². The quantitative estimate of drug-likeness (QED) is 0.553. The summed E-state index contributed by atoms with van der Waals surface area (Å²) >= 11 is 0. The van der Waals surface area contributed by atoms with Gasteiger partial charge in [0.2, 0.25) is 6.08 Å². The van der Waals surface area contributed by atoms with E-state index in [0.29, 0.717) is 0 Å². The molecule has 0 aliphatic carbocycles. The zero-order valence-corrected chi connectivity index (χ0v) is 8.97. The summed E-state index contributed by atoms with van der Waals surface area (Å²) in [7, 11) is 2.04. The van der Waals surface area contributed by atoms with E-state index in [1.165, 1.54) is 17.3 Å². The molecule has 0 fully saturated rings. The summed E-state index contributed by atoms with van der Waals surface area (Å²) in [6, 6.07) is 7.02. The molecule has 0 amide bonds. The van der Waals surface area contributed by atoms with Gasteiger partial charge < -0.3 is 4.90 Å². The highest BCUT2D eigenvalue weighted by atomic mass is 16.1. The van der Waals surface area contributed by atoms with Crippen LogP contribution in [0.25, 0.3) is 0 Å². The number of nitriles is 1. The van der Waals surface area contributed by atoms with Crippen LogP contribution >= 0.6 is 0 Å². The van der Waals surface area contributed by atoms with Crippen LogP contribution in [0.15, 0.2) is 23.2 Å². The van der Waals surface area contributed by atoms with Crippen LogP contribution in [-0.4, -0.2) is 19.7 Å². The Bertz CT molecular complexity index is 497. The summed E-state index contributed by atoms with van der Waals surface area (Å²) in [4.78, 5) is 15.8. The van der Waals surface area contributed by atoms with Crippen LogP contribution in [0.3, 0.4) is 0 Å². The van der Waals surface area contributed by atoms with Gasteiger partial charge >= 0.3 is 0 Å². The van der Waals surface area contributed by atoms with Crippen molar-refractivity contribution in [1.82, 2.24) is 0 Å². The van der Waals surface area contributed by atoms with Gasteiger partial charge in [0.05, 0.1) is 6.07 Å². The Morgan fingerprint density at radius 3 is 3.06 bits per heavy atom. The molecular weight excluding hydrogens is 202 g/mol. The second-order valence-electron chi connectivity index (χ2n) is 3.81. The normalized spacial score (nSPS) is 14.9. The van der Waals surface area contributed by atoms with Crippen LogP contribution in [0, 0.1) is 11.3 Å². The first kappa shape index (κ1) is 10.4. The van der Waals surface area contributed by atoms with Gasteiger partial charge in [0.25, 0.3) is 0 Å². The number of anilines is 1. The van der Waals surface area contributed by atoms with Crippen molar-refractivity contribution in [3.63, 3.8) is 0 Å². The molecule has 0 N–H and O–H groups in total. The number of fused-ring (bicyclic) bond motifs is 1. The smallest absolute Gasteiger partial charge is 0.236 e. The summed E-state index contributed by atoms with van der Waals surface area (Å²) in [6.45, 7) is 0.993. The molecule has 1 aliphatic rings. The number of nitrogens with zero attached hydrogens (tertiary/aromatic N) is 3. The molecule has 0 bridgehead atoms. The van der Waals surface area contributed by atoms with Crippen LogP contribution in [0.4, 0.5) is 5.69 Å². The molecule has 0 radical (unpaired) electrons. The zero-order chi connectivity index (χ0) is 11.5. The number of likely N-dealkylation sites (N-methyl/N-ethyl adjacent to an activating group) is 1. The molecular formula is C12H11N3O. The van der Waals surface area contributed by atoms with E-state index >= 15 is 0 Å². The molecule has 4 nitrogen and oxygen atoms in total. The van der Waals surface area contributed by atoms with Gasteiger partial charge in [-0.3, -0.25) is 0 Å². The molecule has 16 heavy (non-hydrogen) atoms. The van der Waals surface area contributed by atoms with E-state index in [2.05, 4.69) is 9.89 Å². The maximum Gasteiger partial charge on any atom is 0.236 e. The number of isocyanates is 1. The third-order valence-corrected chi connectivity index (χ3v) is 2.85. The van der Waals surface area contributed by atoms with Crippen molar-refractivity contribution >= 4 is 11.8 Å². The highest BCUT2D eigenvalue weighted by molar-refractivity contribution is 5.59. The second-order valence-corrected chi connectivity index (χ2v) is 3.81. The van der Waals surface area contributed by atoms with Crippen molar-refractivity contribution in [2.75, 3.05) is 18.5 Å². The Balaban J connectivity index is 2.39. The molecule has 0 saturated carbocycles. The summed E-state index contributed by atoms with van der Waals surface area (Å²) < 4.78 is 0. The van der Waals surface area contributed by atoms with Crippen molar-refractivity contribution < 1.29 is 4.79 Å². The largest absolute Gasteiger partial charge is 0.374 e. The first-order chi connectivity index (χ1) is 7.76. The summed E-state index contributed by atoms with van der Waals surface area (Å²) in [5.41, 5.74) is 3.16. The average Bonchev–Trinajstić information content (AvgIpc) is 2.67. The molecule has 1 aromatic rings. The Hall–Kier alpha value is -2.11. The van der Waals surface area contributed by atoms with Gasteiger partial charge in [0.15, 0.2) is 6.04 Å². The minimum atomic E-state index is -0.728.